The summed E-state index contributed by atoms with van der Waals surface area (Å²) in [7, 11) is 1.43. The summed E-state index contributed by atoms with van der Waals surface area (Å²) in [5.41, 5.74) is 1.03. The van der Waals surface area contributed by atoms with E-state index >= 15 is 0 Å². The lowest BCUT2D eigenvalue weighted by Crippen LogP contribution is -2.56. The van der Waals surface area contributed by atoms with Gasteiger partial charge >= 0.3 is 0 Å². The van der Waals surface area contributed by atoms with E-state index in [-0.39, 0.29) is 4.90 Å². The minimum Gasteiger partial charge on any atom is -0.497 e. The first-order valence-corrected chi connectivity index (χ1v) is 10.7. The number of nitrogens with zero attached hydrogens (tertiary/aromatic N) is 1. The van der Waals surface area contributed by atoms with Gasteiger partial charge in [-0.05, 0) is 36.8 Å². The molecule has 1 saturated heterocycles. The summed E-state index contributed by atoms with van der Waals surface area (Å²) < 4.78 is 41.0. The molecule has 0 amide bonds. The van der Waals surface area contributed by atoms with Crippen molar-refractivity contribution in [1.29, 1.82) is 0 Å². The van der Waals surface area contributed by atoms with E-state index in [4.69, 9.17) is 9.47 Å². The van der Waals surface area contributed by atoms with E-state index in [1.165, 1.54) is 29.9 Å². The molecule has 0 bridgehead atoms. The number of aryl methyl sites for hydroxylation is 1. The summed E-state index contributed by atoms with van der Waals surface area (Å²) in [6, 6.07) is 7.00. The van der Waals surface area contributed by atoms with Gasteiger partial charge in [0.15, 0.2) is 6.23 Å². The topological polar surface area (TPSA) is 104 Å². The van der Waals surface area contributed by atoms with Crippen molar-refractivity contribution in [3.8, 4) is 5.75 Å². The Morgan fingerprint density at radius 1 is 1.06 bits per heavy atom. The van der Waals surface area contributed by atoms with Gasteiger partial charge in [-0.2, -0.15) is 0 Å². The minimum atomic E-state index is -1.57. The number of hydrogen-bond acceptors (Lipinski definition) is 7. The zero-order valence-electron chi connectivity index (χ0n) is 17.3. The first-order valence-electron chi connectivity index (χ1n) is 9.87. The van der Waals surface area contributed by atoms with Gasteiger partial charge in [0.1, 0.15) is 41.8 Å². The van der Waals surface area contributed by atoms with Crippen LogP contribution in [0.5, 0.6) is 5.75 Å². The molecule has 2 aromatic carbocycles. The summed E-state index contributed by atoms with van der Waals surface area (Å²) in [6.45, 7) is 1.10. The van der Waals surface area contributed by atoms with E-state index in [2.05, 4.69) is 0 Å². The molecule has 32 heavy (non-hydrogen) atoms. The first-order chi connectivity index (χ1) is 15.2. The molecule has 4 rings (SSSR count). The standard InChI is InChI=1S/C22H23F2NO6S/c1-10-5-11(23)6-13-17(32-16-4-3-12(30-2)7-14(16)24)8-25(18(10)13)22-21(29)20(28)19(27)15(9-26)31-22/h3-8,15,19-22,26-29H,9H2,1-2H3/t15-,19-,20+,21-,22-/m1/s1. The van der Waals surface area contributed by atoms with Crippen molar-refractivity contribution in [3.63, 3.8) is 0 Å². The molecule has 3 aromatic rings. The molecule has 0 unspecified atom stereocenters. The second-order valence-corrected chi connectivity index (χ2v) is 8.72. The van der Waals surface area contributed by atoms with E-state index in [0.29, 0.717) is 27.1 Å². The Morgan fingerprint density at radius 3 is 2.47 bits per heavy atom. The maximum absolute atomic E-state index is 14.6. The van der Waals surface area contributed by atoms with Crippen LogP contribution >= 0.6 is 11.8 Å². The number of aliphatic hydroxyl groups is 4. The fourth-order valence-electron chi connectivity index (χ4n) is 3.93. The lowest BCUT2D eigenvalue weighted by Gasteiger charge is -2.40. The van der Waals surface area contributed by atoms with Gasteiger partial charge in [0.2, 0.25) is 0 Å². The summed E-state index contributed by atoms with van der Waals surface area (Å²) in [6.07, 6.45) is -5.31. The predicted molar refractivity (Wildman–Crippen MR) is 113 cm³/mol. The average Bonchev–Trinajstić information content (AvgIpc) is 3.12. The molecule has 0 aliphatic carbocycles. The third-order valence-corrected chi connectivity index (χ3v) is 6.64. The first kappa shape index (κ1) is 23.0. The molecular formula is C22H23F2NO6S. The van der Waals surface area contributed by atoms with Crippen LogP contribution in [0.1, 0.15) is 11.8 Å². The van der Waals surface area contributed by atoms with Crippen LogP contribution in [0.25, 0.3) is 10.9 Å². The zero-order chi connectivity index (χ0) is 23.2. The van der Waals surface area contributed by atoms with Gasteiger partial charge in [-0.3, -0.25) is 0 Å². The summed E-state index contributed by atoms with van der Waals surface area (Å²) in [5, 5.41) is 40.9. The lowest BCUT2D eigenvalue weighted by atomic mass is 9.98. The quantitative estimate of drug-likeness (QED) is 0.457. The summed E-state index contributed by atoms with van der Waals surface area (Å²) in [5.74, 6) is -0.646. The van der Waals surface area contributed by atoms with Gasteiger partial charge < -0.3 is 34.5 Å². The molecule has 10 heteroatoms. The molecule has 1 fully saturated rings. The van der Waals surface area contributed by atoms with Crippen LogP contribution in [0.3, 0.4) is 0 Å². The van der Waals surface area contributed by atoms with Gasteiger partial charge in [0.25, 0.3) is 0 Å². The average molecular weight is 467 g/mol. The molecule has 172 valence electrons. The molecule has 1 aliphatic rings. The fraction of sp³-hybridized carbons (Fsp3) is 0.364. The Bertz CT molecular complexity index is 1140. The van der Waals surface area contributed by atoms with Crippen LogP contribution in [0.15, 0.2) is 46.3 Å². The molecule has 0 saturated carbocycles. The largest absolute Gasteiger partial charge is 0.497 e. The van der Waals surface area contributed by atoms with E-state index < -0.39 is 48.9 Å². The number of aromatic nitrogens is 1. The second-order valence-electron chi connectivity index (χ2n) is 7.64. The lowest BCUT2D eigenvalue weighted by molar-refractivity contribution is -0.250. The number of aliphatic hydroxyl groups excluding tert-OH is 4. The van der Waals surface area contributed by atoms with Crippen molar-refractivity contribution < 1.29 is 38.7 Å². The number of ether oxygens (including phenoxy) is 2. The molecule has 4 N–H and O–H groups in total. The SMILES string of the molecule is COc1ccc(Sc2cn([C@@H]3O[C@H](CO)[C@@H](O)[C@H](O)[C@H]3O)c3c(C)cc(F)cc23)c(F)c1. The Kier molecular flexibility index (Phi) is 6.44. The van der Waals surface area contributed by atoms with Gasteiger partial charge in [-0.15, -0.1) is 0 Å². The van der Waals surface area contributed by atoms with E-state index in [1.807, 2.05) is 0 Å². The van der Waals surface area contributed by atoms with Crippen molar-refractivity contribution in [2.24, 2.45) is 0 Å². The highest BCUT2D eigenvalue weighted by Gasteiger charge is 2.44. The van der Waals surface area contributed by atoms with E-state index in [9.17, 15) is 29.2 Å². The molecule has 7 nitrogen and oxygen atoms in total. The highest BCUT2D eigenvalue weighted by molar-refractivity contribution is 7.99. The van der Waals surface area contributed by atoms with Gasteiger partial charge in [-0.25, -0.2) is 8.78 Å². The zero-order valence-corrected chi connectivity index (χ0v) is 18.1. The van der Waals surface area contributed by atoms with Crippen LogP contribution in [0.2, 0.25) is 0 Å². The molecule has 0 radical (unpaired) electrons. The normalized spacial score (nSPS) is 25.9. The van der Waals surface area contributed by atoms with Crippen LogP contribution in [0.4, 0.5) is 8.78 Å². The Balaban J connectivity index is 1.83. The molecule has 2 heterocycles. The summed E-state index contributed by atoms with van der Waals surface area (Å²) >= 11 is 1.06. The number of rotatable bonds is 5. The predicted octanol–water partition coefficient (Wildman–Crippen LogP) is 2.36. The smallest absolute Gasteiger partial charge is 0.163 e. The number of fused-ring (bicyclic) bond motifs is 1. The monoisotopic (exact) mass is 467 g/mol. The molecule has 1 aromatic heterocycles. The van der Waals surface area contributed by atoms with Crippen molar-refractivity contribution in [2.75, 3.05) is 13.7 Å². The molecule has 5 atom stereocenters. The van der Waals surface area contributed by atoms with Gasteiger partial charge in [0, 0.05) is 27.4 Å². The number of methoxy groups -OCH3 is 1. The summed E-state index contributed by atoms with van der Waals surface area (Å²) in [4.78, 5) is 0.768. The molecule has 0 spiro atoms. The maximum atomic E-state index is 14.6. The van der Waals surface area contributed by atoms with E-state index in [1.54, 1.807) is 25.3 Å². The molecular weight excluding hydrogens is 444 g/mol. The second kappa shape index (κ2) is 8.97. The maximum Gasteiger partial charge on any atom is 0.163 e. The van der Waals surface area contributed by atoms with Crippen molar-refractivity contribution >= 4 is 22.7 Å². The Morgan fingerprint density at radius 2 is 1.81 bits per heavy atom. The fourth-order valence-corrected chi connectivity index (χ4v) is 4.89. The molecule has 1 aliphatic heterocycles. The highest BCUT2D eigenvalue weighted by atomic mass is 32.2. The third-order valence-electron chi connectivity index (χ3n) is 5.55. The number of hydrogen-bond donors (Lipinski definition) is 4. The number of benzene rings is 2. The highest BCUT2D eigenvalue weighted by Crippen LogP contribution is 2.41. The van der Waals surface area contributed by atoms with Crippen LogP contribution in [-0.2, 0) is 4.74 Å². The van der Waals surface area contributed by atoms with Crippen molar-refractivity contribution in [1.82, 2.24) is 4.57 Å². The number of halogens is 2. The van der Waals surface area contributed by atoms with Crippen LogP contribution in [0, 0.1) is 18.6 Å². The van der Waals surface area contributed by atoms with E-state index in [0.717, 1.165) is 11.8 Å². The van der Waals surface area contributed by atoms with Gasteiger partial charge in [0.05, 0.1) is 19.2 Å². The van der Waals surface area contributed by atoms with Crippen LogP contribution in [-0.4, -0.2) is 63.1 Å². The van der Waals surface area contributed by atoms with Gasteiger partial charge in [-0.1, -0.05) is 11.8 Å². The third kappa shape index (κ3) is 3.98. The van der Waals surface area contributed by atoms with Crippen LogP contribution < -0.4 is 4.74 Å². The Hall–Kier alpha value is -2.21. The van der Waals surface area contributed by atoms with Crippen molar-refractivity contribution in [2.45, 2.75) is 47.4 Å². The minimum absolute atomic E-state index is 0.278. The Labute approximate surface area is 186 Å². The van der Waals surface area contributed by atoms with Crippen molar-refractivity contribution in [3.05, 3.63) is 53.7 Å².